The molecule has 0 unspecified atom stereocenters. The maximum Gasteiger partial charge on any atom is 0.0216 e. The van der Waals surface area contributed by atoms with Gasteiger partial charge in [-0.05, 0) is 24.1 Å². The van der Waals surface area contributed by atoms with Gasteiger partial charge in [-0.25, -0.2) is 0 Å². The molecule has 2 heteroatoms. The second-order valence-electron chi connectivity index (χ2n) is 4.23. The first-order valence-corrected chi connectivity index (χ1v) is 6.75. The fourth-order valence-corrected chi connectivity index (χ4v) is 2.23. The number of hydrogen-bond acceptors (Lipinski definition) is 2. The topological polar surface area (TPSA) is 12.0 Å². The fourth-order valence-electron chi connectivity index (χ4n) is 1.43. The molecule has 0 aromatic heterocycles. The molecule has 0 amide bonds. The average Bonchev–Trinajstić information content (AvgIpc) is 2.27. The minimum atomic E-state index is 0.702. The van der Waals surface area contributed by atoms with Crippen LogP contribution in [0.1, 0.15) is 19.4 Å². The van der Waals surface area contributed by atoms with Crippen LogP contribution in [0.4, 0.5) is 0 Å². The van der Waals surface area contributed by atoms with Crippen molar-refractivity contribution in [2.75, 3.05) is 12.3 Å². The van der Waals surface area contributed by atoms with Gasteiger partial charge in [0.1, 0.15) is 0 Å². The molecule has 0 radical (unpaired) electrons. The SMILES string of the molecule is C=CCSc1ccccc1CNCC(C)C. The Morgan fingerprint density at radius 2 is 2.12 bits per heavy atom. The van der Waals surface area contributed by atoms with E-state index in [1.54, 1.807) is 0 Å². The van der Waals surface area contributed by atoms with E-state index in [4.69, 9.17) is 0 Å². The third-order valence-corrected chi connectivity index (χ3v) is 3.31. The van der Waals surface area contributed by atoms with Crippen molar-refractivity contribution in [3.63, 3.8) is 0 Å². The normalized spacial score (nSPS) is 10.7. The first-order chi connectivity index (χ1) is 7.74. The summed E-state index contributed by atoms with van der Waals surface area (Å²) >= 11 is 1.85. The summed E-state index contributed by atoms with van der Waals surface area (Å²) in [6.45, 7) is 10.2. The molecule has 1 rings (SSSR count). The van der Waals surface area contributed by atoms with Crippen molar-refractivity contribution >= 4 is 11.8 Å². The molecule has 0 saturated carbocycles. The summed E-state index contributed by atoms with van der Waals surface area (Å²) in [6.07, 6.45) is 1.95. The van der Waals surface area contributed by atoms with Crippen LogP contribution in [0.2, 0.25) is 0 Å². The van der Waals surface area contributed by atoms with E-state index in [2.05, 4.69) is 50.0 Å². The molecule has 1 nitrogen and oxygen atoms in total. The molecule has 0 fully saturated rings. The standard InChI is InChI=1S/C14H21NS/c1-4-9-16-14-8-6-5-7-13(14)11-15-10-12(2)3/h4-8,12,15H,1,9-11H2,2-3H3. The van der Waals surface area contributed by atoms with E-state index < -0.39 is 0 Å². The highest BCUT2D eigenvalue weighted by Gasteiger charge is 2.01. The lowest BCUT2D eigenvalue weighted by Crippen LogP contribution is -2.19. The largest absolute Gasteiger partial charge is 0.312 e. The van der Waals surface area contributed by atoms with Gasteiger partial charge in [0.2, 0.25) is 0 Å². The molecule has 0 aliphatic heterocycles. The van der Waals surface area contributed by atoms with Crippen LogP contribution in [0.15, 0.2) is 41.8 Å². The Hall–Kier alpha value is -0.730. The maximum atomic E-state index is 3.75. The van der Waals surface area contributed by atoms with Crippen LogP contribution in [0.25, 0.3) is 0 Å². The lowest BCUT2D eigenvalue weighted by molar-refractivity contribution is 0.550. The summed E-state index contributed by atoms with van der Waals surface area (Å²) in [7, 11) is 0. The monoisotopic (exact) mass is 235 g/mol. The lowest BCUT2D eigenvalue weighted by atomic mass is 10.2. The van der Waals surface area contributed by atoms with E-state index >= 15 is 0 Å². The van der Waals surface area contributed by atoms with E-state index in [0.29, 0.717) is 5.92 Å². The molecule has 0 saturated heterocycles. The van der Waals surface area contributed by atoms with E-state index in [1.165, 1.54) is 10.5 Å². The summed E-state index contributed by atoms with van der Waals surface area (Å²) in [6, 6.07) is 8.57. The van der Waals surface area contributed by atoms with Crippen molar-refractivity contribution in [1.29, 1.82) is 0 Å². The Balaban J connectivity index is 2.52. The second kappa shape index (κ2) is 7.53. The Labute approximate surface area is 103 Å². The summed E-state index contributed by atoms with van der Waals surface area (Å²) in [4.78, 5) is 1.36. The summed E-state index contributed by atoms with van der Waals surface area (Å²) in [5.74, 6) is 1.68. The molecule has 0 atom stereocenters. The van der Waals surface area contributed by atoms with Gasteiger partial charge in [0.25, 0.3) is 0 Å². The van der Waals surface area contributed by atoms with Gasteiger partial charge in [-0.15, -0.1) is 18.3 Å². The number of hydrogen-bond donors (Lipinski definition) is 1. The zero-order valence-corrected chi connectivity index (χ0v) is 11.0. The summed E-state index contributed by atoms with van der Waals surface area (Å²) < 4.78 is 0. The minimum Gasteiger partial charge on any atom is -0.312 e. The second-order valence-corrected chi connectivity index (χ2v) is 5.29. The van der Waals surface area contributed by atoms with Crippen LogP contribution in [0.3, 0.4) is 0 Å². The van der Waals surface area contributed by atoms with Gasteiger partial charge < -0.3 is 5.32 Å². The Morgan fingerprint density at radius 3 is 2.81 bits per heavy atom. The lowest BCUT2D eigenvalue weighted by Gasteiger charge is -2.10. The van der Waals surface area contributed by atoms with Gasteiger partial charge in [-0.1, -0.05) is 38.1 Å². The van der Waals surface area contributed by atoms with Gasteiger partial charge in [-0.2, -0.15) is 0 Å². The molecule has 1 aromatic rings. The number of thioether (sulfide) groups is 1. The van der Waals surface area contributed by atoms with Gasteiger partial charge in [0, 0.05) is 17.2 Å². The van der Waals surface area contributed by atoms with Crippen molar-refractivity contribution < 1.29 is 0 Å². The van der Waals surface area contributed by atoms with E-state index in [9.17, 15) is 0 Å². The first kappa shape index (κ1) is 13.3. The first-order valence-electron chi connectivity index (χ1n) is 5.76. The smallest absolute Gasteiger partial charge is 0.0216 e. The van der Waals surface area contributed by atoms with E-state index in [0.717, 1.165) is 18.8 Å². The van der Waals surface area contributed by atoms with Crippen molar-refractivity contribution in [2.24, 2.45) is 5.92 Å². The summed E-state index contributed by atoms with van der Waals surface area (Å²) in [5, 5.41) is 3.48. The highest BCUT2D eigenvalue weighted by molar-refractivity contribution is 7.99. The van der Waals surface area contributed by atoms with Crippen molar-refractivity contribution in [3.8, 4) is 0 Å². The third kappa shape index (κ3) is 4.86. The van der Waals surface area contributed by atoms with E-state index in [1.807, 2.05) is 17.8 Å². The Kier molecular flexibility index (Phi) is 6.27. The van der Waals surface area contributed by atoms with Crippen LogP contribution < -0.4 is 5.32 Å². The van der Waals surface area contributed by atoms with Crippen LogP contribution >= 0.6 is 11.8 Å². The van der Waals surface area contributed by atoms with Gasteiger partial charge in [0.05, 0.1) is 0 Å². The molecule has 0 aliphatic carbocycles. The predicted molar refractivity (Wildman–Crippen MR) is 73.9 cm³/mol. The number of rotatable bonds is 7. The Bertz CT molecular complexity index is 320. The molecule has 0 spiro atoms. The van der Waals surface area contributed by atoms with Crippen molar-refractivity contribution in [3.05, 3.63) is 42.5 Å². The fraction of sp³-hybridized carbons (Fsp3) is 0.429. The van der Waals surface area contributed by atoms with Crippen LogP contribution in [-0.4, -0.2) is 12.3 Å². The molecule has 1 N–H and O–H groups in total. The zero-order valence-electron chi connectivity index (χ0n) is 10.2. The summed E-state index contributed by atoms with van der Waals surface area (Å²) in [5.41, 5.74) is 1.38. The molecule has 0 bridgehead atoms. The highest BCUT2D eigenvalue weighted by atomic mass is 32.2. The number of nitrogens with one attached hydrogen (secondary N) is 1. The predicted octanol–water partition coefficient (Wildman–Crippen LogP) is 3.71. The van der Waals surface area contributed by atoms with Crippen molar-refractivity contribution in [2.45, 2.75) is 25.3 Å². The van der Waals surface area contributed by atoms with Gasteiger partial charge in [-0.3, -0.25) is 0 Å². The molecule has 0 heterocycles. The van der Waals surface area contributed by atoms with Crippen molar-refractivity contribution in [1.82, 2.24) is 5.32 Å². The highest BCUT2D eigenvalue weighted by Crippen LogP contribution is 2.22. The van der Waals surface area contributed by atoms with Crippen LogP contribution in [-0.2, 0) is 6.54 Å². The molecular formula is C14H21NS. The Morgan fingerprint density at radius 1 is 1.38 bits per heavy atom. The molecule has 16 heavy (non-hydrogen) atoms. The number of benzene rings is 1. The van der Waals surface area contributed by atoms with Gasteiger partial charge in [0.15, 0.2) is 0 Å². The quantitative estimate of drug-likeness (QED) is 0.571. The van der Waals surface area contributed by atoms with E-state index in [-0.39, 0.29) is 0 Å². The minimum absolute atomic E-state index is 0.702. The molecule has 88 valence electrons. The molecule has 0 aliphatic rings. The van der Waals surface area contributed by atoms with Crippen LogP contribution in [0, 0.1) is 5.92 Å². The van der Waals surface area contributed by atoms with Gasteiger partial charge >= 0.3 is 0 Å². The zero-order chi connectivity index (χ0) is 11.8. The molecule has 1 aromatic carbocycles. The maximum absolute atomic E-state index is 3.75. The third-order valence-electron chi connectivity index (χ3n) is 2.20. The molecular weight excluding hydrogens is 214 g/mol. The average molecular weight is 235 g/mol. The van der Waals surface area contributed by atoms with Crippen LogP contribution in [0.5, 0.6) is 0 Å².